The van der Waals surface area contributed by atoms with Crippen molar-refractivity contribution in [2.24, 2.45) is 0 Å². The van der Waals surface area contributed by atoms with Crippen LogP contribution in [0.5, 0.6) is 5.75 Å². The van der Waals surface area contributed by atoms with Crippen molar-refractivity contribution in [1.82, 2.24) is 4.90 Å². The molecular formula is C24H20BrNO3S. The van der Waals surface area contributed by atoms with Crippen LogP contribution in [-0.2, 0) is 11.3 Å². The van der Waals surface area contributed by atoms with Crippen LogP contribution in [0.2, 0.25) is 0 Å². The van der Waals surface area contributed by atoms with Gasteiger partial charge in [0.05, 0.1) is 18.1 Å². The van der Waals surface area contributed by atoms with E-state index in [1.165, 1.54) is 4.90 Å². The summed E-state index contributed by atoms with van der Waals surface area (Å²) < 4.78 is 6.81. The lowest BCUT2D eigenvalue weighted by Gasteiger charge is -2.14. The maximum Gasteiger partial charge on any atom is 0.293 e. The zero-order chi connectivity index (χ0) is 21.1. The number of imide groups is 1. The second kappa shape index (κ2) is 9.06. The lowest BCUT2D eigenvalue weighted by atomic mass is 10.0. The number of thioether (sulfide) groups is 1. The Hall–Kier alpha value is -2.57. The highest BCUT2D eigenvalue weighted by molar-refractivity contribution is 9.10. The topological polar surface area (TPSA) is 46.6 Å². The molecule has 3 aromatic carbocycles. The van der Waals surface area contributed by atoms with Gasteiger partial charge in [0.15, 0.2) is 0 Å². The van der Waals surface area contributed by atoms with Gasteiger partial charge in [-0.25, -0.2) is 0 Å². The predicted octanol–water partition coefficient (Wildman–Crippen LogP) is 6.63. The van der Waals surface area contributed by atoms with Crippen molar-refractivity contribution in [3.63, 3.8) is 0 Å². The molecule has 1 heterocycles. The quantitative estimate of drug-likeness (QED) is 0.370. The molecule has 152 valence electrons. The van der Waals surface area contributed by atoms with Gasteiger partial charge in [0.1, 0.15) is 5.75 Å². The van der Waals surface area contributed by atoms with Crippen LogP contribution in [0.3, 0.4) is 0 Å². The number of carbonyl (C=O) groups excluding carboxylic acids is 2. The number of hydrogen-bond donors (Lipinski definition) is 0. The first-order chi connectivity index (χ1) is 14.6. The smallest absolute Gasteiger partial charge is 0.293 e. The van der Waals surface area contributed by atoms with Crippen LogP contribution < -0.4 is 4.74 Å². The summed E-state index contributed by atoms with van der Waals surface area (Å²) in [5, 5.41) is 1.78. The zero-order valence-electron chi connectivity index (χ0n) is 16.4. The van der Waals surface area contributed by atoms with Crippen LogP contribution in [0, 0.1) is 0 Å². The number of rotatable bonds is 6. The summed E-state index contributed by atoms with van der Waals surface area (Å²) in [4.78, 5) is 27.4. The van der Waals surface area contributed by atoms with Crippen molar-refractivity contribution in [2.75, 3.05) is 6.61 Å². The summed E-state index contributed by atoms with van der Waals surface area (Å²) in [5.41, 5.74) is 1.71. The van der Waals surface area contributed by atoms with Crippen LogP contribution in [0.15, 0.2) is 70.0 Å². The molecule has 3 aromatic rings. The number of nitrogens with zero attached hydrogens (tertiary/aromatic N) is 1. The molecule has 0 aromatic heterocycles. The van der Waals surface area contributed by atoms with Gasteiger partial charge in [0, 0.05) is 10.0 Å². The molecule has 30 heavy (non-hydrogen) atoms. The summed E-state index contributed by atoms with van der Waals surface area (Å²) in [6.45, 7) is 2.87. The van der Waals surface area contributed by atoms with Crippen LogP contribution in [0.1, 0.15) is 24.5 Å². The summed E-state index contributed by atoms with van der Waals surface area (Å²) in [5.74, 6) is 0.434. The van der Waals surface area contributed by atoms with E-state index < -0.39 is 0 Å². The van der Waals surface area contributed by atoms with E-state index in [-0.39, 0.29) is 17.7 Å². The number of amides is 2. The lowest BCUT2D eigenvalue weighted by Crippen LogP contribution is -2.27. The molecule has 0 spiro atoms. The largest absolute Gasteiger partial charge is 0.493 e. The minimum Gasteiger partial charge on any atom is -0.493 e. The Morgan fingerprint density at radius 3 is 2.60 bits per heavy atom. The minimum absolute atomic E-state index is 0.234. The minimum atomic E-state index is -0.282. The number of hydrogen-bond acceptors (Lipinski definition) is 4. The summed E-state index contributed by atoms with van der Waals surface area (Å²) in [6, 6.07) is 19.5. The maximum absolute atomic E-state index is 13.1. The van der Waals surface area contributed by atoms with Crippen LogP contribution in [0.25, 0.3) is 16.8 Å². The van der Waals surface area contributed by atoms with Crippen molar-refractivity contribution >= 4 is 55.7 Å². The van der Waals surface area contributed by atoms with Crippen molar-refractivity contribution in [3.05, 3.63) is 81.2 Å². The third-order valence-corrected chi connectivity index (χ3v) is 6.51. The Bertz CT molecular complexity index is 1160. The first-order valence-corrected chi connectivity index (χ1v) is 11.3. The number of benzene rings is 3. The molecule has 1 saturated heterocycles. The molecule has 0 N–H and O–H groups in total. The van der Waals surface area contributed by atoms with Gasteiger partial charge in [-0.15, -0.1) is 0 Å². The molecule has 0 saturated carbocycles. The monoisotopic (exact) mass is 481 g/mol. The van der Waals surface area contributed by atoms with Gasteiger partial charge in [-0.05, 0) is 52.7 Å². The highest BCUT2D eigenvalue weighted by atomic mass is 79.9. The van der Waals surface area contributed by atoms with Gasteiger partial charge in [0.25, 0.3) is 11.1 Å². The zero-order valence-corrected chi connectivity index (χ0v) is 18.8. The summed E-state index contributed by atoms with van der Waals surface area (Å²) in [7, 11) is 0. The second-order valence-corrected chi connectivity index (χ2v) is 8.75. The van der Waals surface area contributed by atoms with Crippen molar-refractivity contribution in [3.8, 4) is 5.75 Å². The Labute approximate surface area is 188 Å². The van der Waals surface area contributed by atoms with E-state index in [0.29, 0.717) is 17.3 Å². The predicted molar refractivity (Wildman–Crippen MR) is 125 cm³/mol. The maximum atomic E-state index is 13.1. The normalized spacial score (nSPS) is 15.4. The molecule has 2 amide bonds. The van der Waals surface area contributed by atoms with Gasteiger partial charge in [-0.3, -0.25) is 14.5 Å². The van der Waals surface area contributed by atoms with Crippen LogP contribution in [-0.4, -0.2) is 22.7 Å². The van der Waals surface area contributed by atoms with Gasteiger partial charge < -0.3 is 4.74 Å². The van der Waals surface area contributed by atoms with Gasteiger partial charge in [-0.2, -0.15) is 0 Å². The third-order valence-electron chi connectivity index (χ3n) is 4.83. The Morgan fingerprint density at radius 2 is 1.80 bits per heavy atom. The molecule has 0 unspecified atom stereocenters. The van der Waals surface area contributed by atoms with E-state index in [1.807, 2.05) is 67.6 Å². The molecular weight excluding hydrogens is 462 g/mol. The van der Waals surface area contributed by atoms with E-state index in [9.17, 15) is 9.59 Å². The van der Waals surface area contributed by atoms with Crippen molar-refractivity contribution in [1.29, 1.82) is 0 Å². The molecule has 0 bridgehead atoms. The molecule has 1 fully saturated rings. The second-order valence-electron chi connectivity index (χ2n) is 6.91. The first-order valence-electron chi connectivity index (χ1n) is 9.72. The number of carbonyl (C=O) groups is 2. The summed E-state index contributed by atoms with van der Waals surface area (Å²) in [6.07, 6.45) is 2.67. The van der Waals surface area contributed by atoms with Crippen molar-refractivity contribution < 1.29 is 14.3 Å². The average Bonchev–Trinajstić information content (AvgIpc) is 3.02. The van der Waals surface area contributed by atoms with E-state index in [1.54, 1.807) is 6.08 Å². The molecule has 0 radical (unpaired) electrons. The highest BCUT2D eigenvalue weighted by Crippen LogP contribution is 2.37. The Balaban J connectivity index is 1.71. The fourth-order valence-corrected chi connectivity index (χ4v) is 4.56. The number of ether oxygens (including phenoxy) is 1. The highest BCUT2D eigenvalue weighted by Gasteiger charge is 2.35. The fraction of sp³-hybridized carbons (Fsp3) is 0.167. The lowest BCUT2D eigenvalue weighted by molar-refractivity contribution is -0.123. The first kappa shape index (κ1) is 20.7. The Kier molecular flexibility index (Phi) is 6.25. The SMILES string of the molecule is CCCOc1ccc2ccccc2c1/C=C1\SC(=O)N(Cc2ccccc2Br)C1=O. The van der Waals surface area contributed by atoms with Crippen LogP contribution >= 0.6 is 27.7 Å². The number of fused-ring (bicyclic) bond motifs is 1. The molecule has 0 atom stereocenters. The average molecular weight is 482 g/mol. The van der Waals surface area contributed by atoms with Crippen LogP contribution in [0.4, 0.5) is 4.79 Å². The van der Waals surface area contributed by atoms with Gasteiger partial charge >= 0.3 is 0 Å². The van der Waals surface area contributed by atoms with E-state index in [4.69, 9.17) is 4.74 Å². The molecule has 4 rings (SSSR count). The van der Waals surface area contributed by atoms with E-state index in [0.717, 1.165) is 44.6 Å². The van der Waals surface area contributed by atoms with Crippen molar-refractivity contribution in [2.45, 2.75) is 19.9 Å². The molecule has 1 aliphatic heterocycles. The van der Waals surface area contributed by atoms with Gasteiger partial charge in [-0.1, -0.05) is 71.4 Å². The molecule has 0 aliphatic carbocycles. The molecule has 1 aliphatic rings. The molecule has 6 heteroatoms. The van der Waals surface area contributed by atoms with Gasteiger partial charge in [0.2, 0.25) is 0 Å². The molecule has 4 nitrogen and oxygen atoms in total. The Morgan fingerprint density at radius 1 is 1.03 bits per heavy atom. The van der Waals surface area contributed by atoms with E-state index in [2.05, 4.69) is 15.9 Å². The third kappa shape index (κ3) is 4.16. The number of halogens is 1. The fourth-order valence-electron chi connectivity index (χ4n) is 3.33. The van der Waals surface area contributed by atoms with E-state index >= 15 is 0 Å². The summed E-state index contributed by atoms with van der Waals surface area (Å²) >= 11 is 4.46. The standard InChI is InChI=1S/C24H20BrNO3S/c1-2-13-29-21-12-11-16-7-3-5-9-18(16)19(21)14-22-23(27)26(24(28)30-22)15-17-8-4-6-10-20(17)25/h3-12,14H,2,13,15H2,1H3/b22-14-.